The normalized spacial score (nSPS) is 21.6. The molecule has 1 aromatic heterocycles. The fraction of sp³-hybridized carbons (Fsp3) is 0.550. The van der Waals surface area contributed by atoms with E-state index in [1.165, 1.54) is 5.56 Å². The number of nitrogens with one attached hydrogen (secondary N) is 1. The van der Waals surface area contributed by atoms with Gasteiger partial charge in [-0.25, -0.2) is 0 Å². The van der Waals surface area contributed by atoms with Gasteiger partial charge in [0.2, 0.25) is 5.82 Å². The number of carbonyl (C=O) groups is 1. The summed E-state index contributed by atoms with van der Waals surface area (Å²) in [5.74, 6) is 2.31. The van der Waals surface area contributed by atoms with Gasteiger partial charge in [0, 0.05) is 50.7 Å². The fourth-order valence-corrected chi connectivity index (χ4v) is 4.45. The van der Waals surface area contributed by atoms with Gasteiger partial charge in [-0.05, 0) is 37.6 Å². The van der Waals surface area contributed by atoms with Gasteiger partial charge < -0.3 is 14.8 Å². The highest BCUT2D eigenvalue weighted by Gasteiger charge is 2.39. The number of benzene rings is 1. The van der Waals surface area contributed by atoms with Crippen LogP contribution in [0.5, 0.6) is 0 Å². The summed E-state index contributed by atoms with van der Waals surface area (Å²) in [7, 11) is 3.97. The molecule has 4 rings (SSSR count). The monoisotopic (exact) mass is 402 g/mol. The first-order chi connectivity index (χ1) is 13.5. The lowest BCUT2D eigenvalue weighted by molar-refractivity contribution is 0.0932. The molecule has 0 saturated carbocycles. The molecule has 3 heterocycles. The Morgan fingerprint density at radius 2 is 2.00 bits per heavy atom. The first kappa shape index (κ1) is 19.4. The molecule has 2 aromatic rings. The average molecular weight is 403 g/mol. The van der Waals surface area contributed by atoms with Crippen molar-refractivity contribution in [3.63, 3.8) is 0 Å². The number of likely N-dealkylation sites (tertiary alicyclic amines) is 1. The number of halogens is 1. The van der Waals surface area contributed by atoms with E-state index in [0.29, 0.717) is 24.2 Å². The second-order valence-corrected chi connectivity index (χ2v) is 8.53. The van der Waals surface area contributed by atoms with Gasteiger partial charge in [-0.15, -0.1) is 10.2 Å². The SMILES string of the molecule is CN(C)CCNC(=O)c1nnc2n1C[C@H]1CN(Cc3ccccc3Cl)C[C@H]1C2. The number of fused-ring (bicyclic) bond motifs is 2. The topological polar surface area (TPSA) is 66.3 Å². The Morgan fingerprint density at radius 1 is 1.21 bits per heavy atom. The van der Waals surface area contributed by atoms with E-state index >= 15 is 0 Å². The minimum absolute atomic E-state index is 0.134. The van der Waals surface area contributed by atoms with Crippen LogP contribution < -0.4 is 5.32 Å². The summed E-state index contributed by atoms with van der Waals surface area (Å²) >= 11 is 6.33. The van der Waals surface area contributed by atoms with Gasteiger partial charge >= 0.3 is 0 Å². The minimum Gasteiger partial charge on any atom is -0.348 e. The molecule has 150 valence electrons. The van der Waals surface area contributed by atoms with Crippen LogP contribution in [0.3, 0.4) is 0 Å². The maximum absolute atomic E-state index is 12.5. The Balaban J connectivity index is 1.40. The zero-order chi connectivity index (χ0) is 19.7. The summed E-state index contributed by atoms with van der Waals surface area (Å²) in [6, 6.07) is 8.04. The maximum Gasteiger partial charge on any atom is 0.289 e. The molecule has 0 spiro atoms. The molecule has 2 aliphatic rings. The zero-order valence-electron chi connectivity index (χ0n) is 16.4. The van der Waals surface area contributed by atoms with E-state index in [0.717, 1.165) is 50.0 Å². The number of likely N-dealkylation sites (N-methyl/N-ethyl adjacent to an activating group) is 1. The van der Waals surface area contributed by atoms with Gasteiger partial charge in [-0.2, -0.15) is 0 Å². The maximum atomic E-state index is 12.5. The van der Waals surface area contributed by atoms with E-state index in [9.17, 15) is 4.79 Å². The van der Waals surface area contributed by atoms with Crippen LogP contribution in [-0.4, -0.2) is 70.7 Å². The summed E-state index contributed by atoms with van der Waals surface area (Å²) in [5, 5.41) is 12.3. The number of carbonyl (C=O) groups excluding carboxylic acids is 1. The molecule has 1 amide bonds. The molecule has 8 heteroatoms. The molecular formula is C20H27ClN6O. The largest absolute Gasteiger partial charge is 0.348 e. The predicted molar refractivity (Wildman–Crippen MR) is 108 cm³/mol. The highest BCUT2D eigenvalue weighted by molar-refractivity contribution is 6.31. The number of aromatic nitrogens is 3. The second-order valence-electron chi connectivity index (χ2n) is 8.12. The van der Waals surface area contributed by atoms with Crippen LogP contribution in [-0.2, 0) is 19.5 Å². The average Bonchev–Trinajstić information content (AvgIpc) is 3.23. The van der Waals surface area contributed by atoms with Gasteiger partial charge in [0.05, 0.1) is 0 Å². The Kier molecular flexibility index (Phi) is 5.66. The smallest absolute Gasteiger partial charge is 0.289 e. The van der Waals surface area contributed by atoms with Crippen molar-refractivity contribution in [3.05, 3.63) is 46.5 Å². The number of amides is 1. The van der Waals surface area contributed by atoms with Crippen LogP contribution in [0.15, 0.2) is 24.3 Å². The molecule has 1 fully saturated rings. The standard InChI is InChI=1S/C20H27ClN6O/c1-25(2)8-7-22-20(28)19-24-23-18-9-15-11-26(12-16(15)13-27(18)19)10-14-5-3-4-6-17(14)21/h3-6,15-16H,7-13H2,1-2H3,(H,22,28)/t15-,16-/m1/s1. The molecule has 2 atom stereocenters. The van der Waals surface area contributed by atoms with Crippen LogP contribution in [0.1, 0.15) is 22.0 Å². The van der Waals surface area contributed by atoms with Gasteiger partial charge in [0.25, 0.3) is 5.91 Å². The molecule has 28 heavy (non-hydrogen) atoms. The molecule has 0 radical (unpaired) electrons. The second kappa shape index (κ2) is 8.19. The molecule has 7 nitrogen and oxygen atoms in total. The number of hydrogen-bond acceptors (Lipinski definition) is 5. The first-order valence-corrected chi connectivity index (χ1v) is 10.2. The van der Waals surface area contributed by atoms with Gasteiger partial charge in [-0.3, -0.25) is 9.69 Å². The van der Waals surface area contributed by atoms with E-state index in [1.54, 1.807) is 0 Å². The van der Waals surface area contributed by atoms with Crippen LogP contribution in [0, 0.1) is 11.8 Å². The molecule has 1 saturated heterocycles. The number of hydrogen-bond donors (Lipinski definition) is 1. The Bertz CT molecular complexity index is 851. The van der Waals surface area contributed by atoms with E-state index in [4.69, 9.17) is 11.6 Å². The lowest BCUT2D eigenvalue weighted by Gasteiger charge is -2.25. The van der Waals surface area contributed by atoms with E-state index in [2.05, 4.69) is 26.5 Å². The van der Waals surface area contributed by atoms with Crippen molar-refractivity contribution in [2.24, 2.45) is 11.8 Å². The molecule has 0 aliphatic carbocycles. The molecule has 1 N–H and O–H groups in total. The van der Waals surface area contributed by atoms with E-state index in [-0.39, 0.29) is 5.91 Å². The van der Waals surface area contributed by atoms with E-state index in [1.807, 2.05) is 41.8 Å². The van der Waals surface area contributed by atoms with Crippen LogP contribution >= 0.6 is 11.6 Å². The molecule has 2 aliphatic heterocycles. The van der Waals surface area contributed by atoms with Gasteiger partial charge in [-0.1, -0.05) is 29.8 Å². The van der Waals surface area contributed by atoms with E-state index < -0.39 is 0 Å². The third kappa shape index (κ3) is 4.06. The summed E-state index contributed by atoms with van der Waals surface area (Å²) < 4.78 is 2.02. The molecular weight excluding hydrogens is 376 g/mol. The van der Waals surface area contributed by atoms with Crippen molar-refractivity contribution >= 4 is 17.5 Å². The van der Waals surface area contributed by atoms with Gasteiger partial charge in [0.15, 0.2) is 0 Å². The van der Waals surface area contributed by atoms with Crippen LogP contribution in [0.4, 0.5) is 0 Å². The summed E-state index contributed by atoms with van der Waals surface area (Å²) in [4.78, 5) is 17.0. The van der Waals surface area contributed by atoms with Crippen LogP contribution in [0.2, 0.25) is 5.02 Å². The van der Waals surface area contributed by atoms with Crippen molar-refractivity contribution in [1.29, 1.82) is 0 Å². The molecule has 1 aromatic carbocycles. The van der Waals surface area contributed by atoms with Crippen molar-refractivity contribution in [2.45, 2.75) is 19.5 Å². The minimum atomic E-state index is -0.134. The zero-order valence-corrected chi connectivity index (χ0v) is 17.2. The highest BCUT2D eigenvalue weighted by Crippen LogP contribution is 2.33. The highest BCUT2D eigenvalue weighted by atomic mass is 35.5. The Labute approximate surface area is 170 Å². The lowest BCUT2D eigenvalue weighted by Crippen LogP contribution is -2.35. The summed E-state index contributed by atoms with van der Waals surface area (Å²) in [5.41, 5.74) is 1.17. The van der Waals surface area contributed by atoms with Crippen molar-refractivity contribution in [2.75, 3.05) is 40.3 Å². The Hall–Kier alpha value is -1.96. The quantitative estimate of drug-likeness (QED) is 0.793. The van der Waals surface area contributed by atoms with Crippen molar-refractivity contribution in [1.82, 2.24) is 29.9 Å². The van der Waals surface area contributed by atoms with Gasteiger partial charge in [0.1, 0.15) is 5.82 Å². The van der Waals surface area contributed by atoms with Crippen molar-refractivity contribution < 1.29 is 4.79 Å². The fourth-order valence-electron chi connectivity index (χ4n) is 4.26. The van der Waals surface area contributed by atoms with Crippen molar-refractivity contribution in [3.8, 4) is 0 Å². The summed E-state index contributed by atoms with van der Waals surface area (Å²) in [6.45, 7) is 5.12. The first-order valence-electron chi connectivity index (χ1n) is 9.82. The summed E-state index contributed by atoms with van der Waals surface area (Å²) in [6.07, 6.45) is 0.877. The molecule has 0 bridgehead atoms. The van der Waals surface area contributed by atoms with Crippen LogP contribution in [0.25, 0.3) is 0 Å². The molecule has 0 unspecified atom stereocenters. The third-order valence-electron chi connectivity index (χ3n) is 5.74. The Morgan fingerprint density at radius 3 is 2.79 bits per heavy atom. The lowest BCUT2D eigenvalue weighted by atomic mass is 9.89. The third-order valence-corrected chi connectivity index (χ3v) is 6.11. The number of nitrogens with zero attached hydrogens (tertiary/aromatic N) is 5. The number of rotatable bonds is 6. The predicted octanol–water partition coefficient (Wildman–Crippen LogP) is 1.53.